The first-order valence-corrected chi connectivity index (χ1v) is 11.5. The second kappa shape index (κ2) is 7.82. The van der Waals surface area contributed by atoms with E-state index in [2.05, 4.69) is 54.0 Å². The molecule has 1 aromatic rings. The maximum absolute atomic E-state index is 12.4. The lowest BCUT2D eigenvalue weighted by Crippen LogP contribution is -2.58. The normalized spacial score (nSPS) is 26.8. The maximum Gasteiger partial charge on any atom is 0.153 e. The van der Waals surface area contributed by atoms with Crippen molar-refractivity contribution in [2.24, 2.45) is 5.92 Å². The maximum atomic E-state index is 12.4. The van der Waals surface area contributed by atoms with Crippen molar-refractivity contribution in [3.8, 4) is 0 Å². The number of piperazine rings is 1. The van der Waals surface area contributed by atoms with Crippen molar-refractivity contribution in [3.05, 3.63) is 29.6 Å². The molecular weight excluding hydrogens is 348 g/mol. The van der Waals surface area contributed by atoms with Crippen LogP contribution in [0.5, 0.6) is 0 Å². The van der Waals surface area contributed by atoms with Gasteiger partial charge in [0.15, 0.2) is 9.84 Å². The lowest BCUT2D eigenvalue weighted by molar-refractivity contribution is 0.0477. The van der Waals surface area contributed by atoms with Gasteiger partial charge in [-0.2, -0.15) is 5.10 Å². The Balaban J connectivity index is 1.74. The summed E-state index contributed by atoms with van der Waals surface area (Å²) in [6, 6.07) is 0.192. The van der Waals surface area contributed by atoms with Crippen LogP contribution in [0.4, 0.5) is 0 Å². The lowest BCUT2D eigenvalue weighted by atomic mass is 10.0. The molecule has 0 amide bonds. The van der Waals surface area contributed by atoms with E-state index < -0.39 is 9.84 Å². The molecule has 0 unspecified atom stereocenters. The number of rotatable bonds is 6. The zero-order chi connectivity index (χ0) is 18.9. The quantitative estimate of drug-likeness (QED) is 0.703. The third-order valence-corrected chi connectivity index (χ3v) is 7.21. The Bertz CT molecular complexity index is 754. The minimum absolute atomic E-state index is 0.0885. The second-order valence-electron chi connectivity index (χ2n) is 7.94. The zero-order valence-electron chi connectivity index (χ0n) is 16.4. The van der Waals surface area contributed by atoms with Gasteiger partial charge in [-0.15, -0.1) is 0 Å². The first-order chi connectivity index (χ1) is 12.3. The Morgan fingerprint density at radius 1 is 1.23 bits per heavy atom. The molecule has 0 saturated carbocycles. The van der Waals surface area contributed by atoms with Gasteiger partial charge in [0.2, 0.25) is 0 Å². The predicted molar refractivity (Wildman–Crippen MR) is 105 cm³/mol. The van der Waals surface area contributed by atoms with Crippen LogP contribution in [0.25, 0.3) is 0 Å². The molecule has 0 radical (unpaired) electrons. The molecule has 1 aromatic heterocycles. The Morgan fingerprint density at radius 2 is 1.88 bits per heavy atom. The molecule has 3 rings (SSSR count). The topological polar surface area (TPSA) is 58.4 Å². The molecule has 0 aliphatic carbocycles. The van der Waals surface area contributed by atoms with Crippen molar-refractivity contribution < 1.29 is 8.42 Å². The number of nitrogens with zero attached hydrogens (tertiary/aromatic N) is 4. The largest absolute Gasteiger partial charge is 0.293 e. The number of hydrogen-bond acceptors (Lipinski definition) is 5. The van der Waals surface area contributed by atoms with E-state index in [0.717, 1.165) is 38.4 Å². The highest BCUT2D eigenvalue weighted by Crippen LogP contribution is 2.28. The molecule has 0 aromatic carbocycles. The number of allylic oxidation sites excluding steroid dienone is 1. The summed E-state index contributed by atoms with van der Waals surface area (Å²) >= 11 is 0. The minimum Gasteiger partial charge on any atom is -0.293 e. The monoisotopic (exact) mass is 380 g/mol. The standard InChI is InChI=1S/C19H32N4O2S/c1-5-23-12-17(16(4)20-23)11-22-10-9-21(8-6-7-15(2)3)18-13-26(24,25)14-19(18)22/h6-7,12,15,18-19H,5,8-11,13-14H2,1-4H3/b7-6+/t18-,19+/m0/s1. The van der Waals surface area contributed by atoms with Crippen molar-refractivity contribution in [2.45, 2.75) is 52.9 Å². The number of sulfone groups is 1. The highest BCUT2D eigenvalue weighted by Gasteiger charge is 2.46. The third kappa shape index (κ3) is 4.38. The summed E-state index contributed by atoms with van der Waals surface area (Å²) < 4.78 is 26.7. The van der Waals surface area contributed by atoms with Gasteiger partial charge in [0.25, 0.3) is 0 Å². The van der Waals surface area contributed by atoms with Crippen molar-refractivity contribution in [3.63, 3.8) is 0 Å². The van der Waals surface area contributed by atoms with E-state index in [1.165, 1.54) is 5.56 Å². The van der Waals surface area contributed by atoms with Gasteiger partial charge in [-0.05, 0) is 19.8 Å². The van der Waals surface area contributed by atoms with Gasteiger partial charge in [0.1, 0.15) is 0 Å². The van der Waals surface area contributed by atoms with E-state index in [-0.39, 0.29) is 23.6 Å². The fourth-order valence-electron chi connectivity index (χ4n) is 4.08. The predicted octanol–water partition coefficient (Wildman–Crippen LogP) is 1.71. The van der Waals surface area contributed by atoms with E-state index in [9.17, 15) is 8.42 Å². The van der Waals surface area contributed by atoms with Crippen LogP contribution in [-0.4, -0.2) is 71.2 Å². The van der Waals surface area contributed by atoms with E-state index in [0.29, 0.717) is 5.92 Å². The summed E-state index contributed by atoms with van der Waals surface area (Å²) in [4.78, 5) is 4.72. The van der Waals surface area contributed by atoms with Crippen LogP contribution in [0.1, 0.15) is 32.0 Å². The van der Waals surface area contributed by atoms with Crippen LogP contribution in [0, 0.1) is 12.8 Å². The molecule has 26 heavy (non-hydrogen) atoms. The fraction of sp³-hybridized carbons (Fsp3) is 0.737. The average molecular weight is 381 g/mol. The highest BCUT2D eigenvalue weighted by atomic mass is 32.2. The molecular formula is C19H32N4O2S. The summed E-state index contributed by atoms with van der Waals surface area (Å²) in [5.74, 6) is 1.09. The van der Waals surface area contributed by atoms with Gasteiger partial charge >= 0.3 is 0 Å². The van der Waals surface area contributed by atoms with Crippen LogP contribution >= 0.6 is 0 Å². The number of fused-ring (bicyclic) bond motifs is 1. The molecule has 2 fully saturated rings. The summed E-state index contributed by atoms with van der Waals surface area (Å²) in [7, 11) is -2.97. The molecule has 2 saturated heterocycles. The average Bonchev–Trinajstić information content (AvgIpc) is 3.08. The molecule has 3 heterocycles. The van der Waals surface area contributed by atoms with Crippen molar-refractivity contribution in [2.75, 3.05) is 31.1 Å². The second-order valence-corrected chi connectivity index (χ2v) is 10.1. The molecule has 0 spiro atoms. The number of hydrogen-bond donors (Lipinski definition) is 0. The van der Waals surface area contributed by atoms with Crippen LogP contribution in [0.15, 0.2) is 18.3 Å². The van der Waals surface area contributed by atoms with E-state index in [1.54, 1.807) is 0 Å². The SMILES string of the molecule is CCn1cc(CN2CCN(C/C=C/C(C)C)[C@H]3CS(=O)(=O)C[C@H]32)c(C)n1. The first kappa shape index (κ1) is 19.6. The molecule has 2 aliphatic rings. The van der Waals surface area contributed by atoms with Crippen LogP contribution < -0.4 is 0 Å². The van der Waals surface area contributed by atoms with Gasteiger partial charge in [-0.1, -0.05) is 26.0 Å². The molecule has 6 nitrogen and oxygen atoms in total. The fourth-order valence-corrected chi connectivity index (χ4v) is 6.13. The van der Waals surface area contributed by atoms with E-state index in [4.69, 9.17) is 0 Å². The Labute approximate surface area is 157 Å². The van der Waals surface area contributed by atoms with Crippen molar-refractivity contribution in [1.29, 1.82) is 0 Å². The van der Waals surface area contributed by atoms with Crippen molar-refractivity contribution in [1.82, 2.24) is 19.6 Å². The Kier molecular flexibility index (Phi) is 5.89. The summed E-state index contributed by atoms with van der Waals surface area (Å²) in [5, 5.41) is 4.53. The molecule has 0 bridgehead atoms. The molecule has 2 aliphatic heterocycles. The van der Waals surface area contributed by atoms with Gasteiger partial charge in [-0.25, -0.2) is 8.42 Å². The summed E-state index contributed by atoms with van der Waals surface area (Å²) in [6.45, 7) is 12.8. The van der Waals surface area contributed by atoms with Gasteiger partial charge in [-0.3, -0.25) is 14.5 Å². The lowest BCUT2D eigenvalue weighted by Gasteiger charge is -2.43. The smallest absolute Gasteiger partial charge is 0.153 e. The van der Waals surface area contributed by atoms with E-state index >= 15 is 0 Å². The first-order valence-electron chi connectivity index (χ1n) is 9.67. The molecule has 7 heteroatoms. The Hall–Kier alpha value is -1.18. The van der Waals surface area contributed by atoms with Crippen molar-refractivity contribution >= 4 is 9.84 Å². The highest BCUT2D eigenvalue weighted by molar-refractivity contribution is 7.91. The van der Waals surface area contributed by atoms with E-state index in [1.807, 2.05) is 11.6 Å². The Morgan fingerprint density at radius 3 is 2.50 bits per heavy atom. The number of aromatic nitrogens is 2. The number of aryl methyl sites for hydroxylation is 2. The van der Waals surface area contributed by atoms with Crippen LogP contribution in [-0.2, 0) is 22.9 Å². The molecule has 146 valence electrons. The van der Waals surface area contributed by atoms with Crippen LogP contribution in [0.2, 0.25) is 0 Å². The zero-order valence-corrected chi connectivity index (χ0v) is 17.2. The summed E-state index contributed by atoms with van der Waals surface area (Å²) in [5.41, 5.74) is 2.26. The molecule has 2 atom stereocenters. The third-order valence-electron chi connectivity index (χ3n) is 5.51. The summed E-state index contributed by atoms with van der Waals surface area (Å²) in [6.07, 6.45) is 6.50. The van der Waals surface area contributed by atoms with Gasteiger partial charge in [0.05, 0.1) is 17.2 Å². The van der Waals surface area contributed by atoms with Gasteiger partial charge < -0.3 is 0 Å². The van der Waals surface area contributed by atoms with Crippen LogP contribution in [0.3, 0.4) is 0 Å². The molecule has 0 N–H and O–H groups in total. The minimum atomic E-state index is -2.97. The van der Waals surface area contributed by atoms with Gasteiger partial charge in [0, 0.05) is 56.6 Å².